The van der Waals surface area contributed by atoms with E-state index in [0.29, 0.717) is 24.2 Å². The van der Waals surface area contributed by atoms with E-state index in [2.05, 4.69) is 5.32 Å². The van der Waals surface area contributed by atoms with Crippen molar-refractivity contribution in [2.24, 2.45) is 0 Å². The number of anilines is 1. The maximum atomic E-state index is 13.1. The van der Waals surface area contributed by atoms with Crippen molar-refractivity contribution in [3.05, 3.63) is 89.5 Å². The highest BCUT2D eigenvalue weighted by molar-refractivity contribution is 7.93. The fraction of sp³-hybridized carbons (Fsp3) is 0.240. The Labute approximate surface area is 194 Å². The number of nitrogens with zero attached hydrogens (tertiary/aromatic N) is 1. The molecule has 0 aromatic heterocycles. The van der Waals surface area contributed by atoms with E-state index >= 15 is 0 Å². The van der Waals surface area contributed by atoms with E-state index in [4.69, 9.17) is 9.47 Å². The molecule has 0 saturated carbocycles. The number of hydrogen-bond acceptors (Lipinski definition) is 5. The summed E-state index contributed by atoms with van der Waals surface area (Å²) >= 11 is 0. The number of benzene rings is 3. The van der Waals surface area contributed by atoms with E-state index in [1.807, 2.05) is 48.5 Å². The summed E-state index contributed by atoms with van der Waals surface area (Å²) in [7, 11) is -0.0517. The summed E-state index contributed by atoms with van der Waals surface area (Å²) in [6.07, 6.45) is 0.607. The van der Waals surface area contributed by atoms with Gasteiger partial charge in [-0.25, -0.2) is 8.42 Å². The first-order chi connectivity index (χ1) is 15.9. The Morgan fingerprint density at radius 1 is 0.848 bits per heavy atom. The lowest BCUT2D eigenvalue weighted by molar-refractivity contribution is 0.0943. The van der Waals surface area contributed by atoms with Crippen molar-refractivity contribution in [1.29, 1.82) is 0 Å². The molecule has 0 bridgehead atoms. The first-order valence-corrected chi connectivity index (χ1v) is 12.2. The fourth-order valence-corrected chi connectivity index (χ4v) is 5.44. The Morgan fingerprint density at radius 3 is 1.79 bits per heavy atom. The Hall–Kier alpha value is -3.52. The topological polar surface area (TPSA) is 84.9 Å². The molecule has 33 heavy (non-hydrogen) atoms. The second kappa shape index (κ2) is 9.54. The van der Waals surface area contributed by atoms with Crippen LogP contribution < -0.4 is 19.1 Å². The fourth-order valence-electron chi connectivity index (χ4n) is 3.87. The summed E-state index contributed by atoms with van der Waals surface area (Å²) in [6, 6.07) is 21.3. The van der Waals surface area contributed by atoms with Crippen LogP contribution in [0.5, 0.6) is 11.5 Å². The minimum absolute atomic E-state index is 0.153. The molecule has 3 aromatic rings. The zero-order valence-corrected chi connectivity index (χ0v) is 19.3. The number of rotatable bonds is 7. The van der Waals surface area contributed by atoms with Crippen LogP contribution in [0.4, 0.5) is 5.69 Å². The first-order valence-electron chi connectivity index (χ1n) is 10.6. The van der Waals surface area contributed by atoms with Gasteiger partial charge in [-0.1, -0.05) is 24.3 Å². The Morgan fingerprint density at radius 2 is 1.36 bits per heavy atom. The van der Waals surface area contributed by atoms with Crippen molar-refractivity contribution in [2.75, 3.05) is 30.8 Å². The largest absolute Gasteiger partial charge is 0.497 e. The highest BCUT2D eigenvalue weighted by Gasteiger charge is 2.28. The maximum Gasteiger partial charge on any atom is 0.252 e. The molecule has 3 aromatic carbocycles. The van der Waals surface area contributed by atoms with Crippen LogP contribution in [0.2, 0.25) is 0 Å². The molecule has 7 nitrogen and oxygen atoms in total. The SMILES string of the molecule is COc1ccc(C(NC(=O)c2ccc(N3CCCS3(=O)=O)cc2)c2ccc(OC)cc2)cc1. The summed E-state index contributed by atoms with van der Waals surface area (Å²) in [6.45, 7) is 0.463. The van der Waals surface area contributed by atoms with Crippen LogP contribution in [0, 0.1) is 0 Å². The molecule has 1 fully saturated rings. The number of sulfonamides is 1. The third-order valence-corrected chi connectivity index (χ3v) is 7.56. The lowest BCUT2D eigenvalue weighted by Gasteiger charge is -2.21. The molecule has 1 amide bonds. The molecule has 1 saturated heterocycles. The molecule has 1 heterocycles. The first kappa shape index (κ1) is 22.7. The van der Waals surface area contributed by atoms with Gasteiger partial charge in [-0.05, 0) is 66.1 Å². The Balaban J connectivity index is 1.59. The molecule has 172 valence electrons. The number of carbonyl (C=O) groups is 1. The zero-order chi connectivity index (χ0) is 23.4. The summed E-state index contributed by atoms with van der Waals surface area (Å²) in [5.41, 5.74) is 2.82. The molecular weight excluding hydrogens is 440 g/mol. The van der Waals surface area contributed by atoms with Gasteiger partial charge < -0.3 is 14.8 Å². The molecule has 1 aliphatic rings. The van der Waals surface area contributed by atoms with Crippen LogP contribution in [-0.2, 0) is 10.0 Å². The predicted molar refractivity (Wildman–Crippen MR) is 127 cm³/mol. The van der Waals surface area contributed by atoms with E-state index in [-0.39, 0.29) is 11.7 Å². The average molecular weight is 467 g/mol. The van der Waals surface area contributed by atoms with Crippen molar-refractivity contribution in [2.45, 2.75) is 12.5 Å². The molecule has 1 aliphatic heterocycles. The van der Waals surface area contributed by atoms with E-state index < -0.39 is 16.1 Å². The van der Waals surface area contributed by atoms with Crippen molar-refractivity contribution >= 4 is 21.6 Å². The lowest BCUT2D eigenvalue weighted by Crippen LogP contribution is -2.29. The van der Waals surface area contributed by atoms with E-state index in [1.54, 1.807) is 38.5 Å². The molecule has 0 unspecified atom stereocenters. The van der Waals surface area contributed by atoms with Gasteiger partial charge in [0.2, 0.25) is 10.0 Å². The van der Waals surface area contributed by atoms with Crippen LogP contribution in [-0.4, -0.2) is 40.8 Å². The molecule has 0 spiro atoms. The average Bonchev–Trinajstić information content (AvgIpc) is 3.21. The van der Waals surface area contributed by atoms with Crippen molar-refractivity contribution in [3.63, 3.8) is 0 Å². The maximum absolute atomic E-state index is 13.1. The molecule has 8 heteroatoms. The van der Waals surface area contributed by atoms with Gasteiger partial charge in [-0.2, -0.15) is 0 Å². The summed E-state index contributed by atoms with van der Waals surface area (Å²) in [5.74, 6) is 1.35. The van der Waals surface area contributed by atoms with Gasteiger partial charge in [-0.3, -0.25) is 9.10 Å². The van der Waals surface area contributed by atoms with Gasteiger partial charge in [0.05, 0.1) is 31.7 Å². The molecule has 0 aliphatic carbocycles. The molecule has 0 atom stereocenters. The number of carbonyl (C=O) groups excluding carboxylic acids is 1. The van der Waals surface area contributed by atoms with E-state index in [0.717, 1.165) is 22.6 Å². The van der Waals surface area contributed by atoms with Crippen LogP contribution in [0.25, 0.3) is 0 Å². The summed E-state index contributed by atoms with van der Waals surface area (Å²) < 4.78 is 36.2. The number of hydrogen-bond donors (Lipinski definition) is 1. The van der Waals surface area contributed by atoms with Gasteiger partial charge in [-0.15, -0.1) is 0 Å². The minimum atomic E-state index is -3.26. The third kappa shape index (κ3) is 4.96. The van der Waals surface area contributed by atoms with Crippen molar-refractivity contribution in [1.82, 2.24) is 5.32 Å². The van der Waals surface area contributed by atoms with Gasteiger partial charge in [0, 0.05) is 12.1 Å². The van der Waals surface area contributed by atoms with Gasteiger partial charge in [0.1, 0.15) is 11.5 Å². The number of amides is 1. The normalized spacial score (nSPS) is 14.8. The van der Waals surface area contributed by atoms with Gasteiger partial charge in [0.15, 0.2) is 0 Å². The minimum Gasteiger partial charge on any atom is -0.497 e. The number of ether oxygens (including phenoxy) is 2. The molecule has 4 rings (SSSR count). The second-order valence-electron chi connectivity index (χ2n) is 7.74. The Bertz CT molecular complexity index is 1160. The van der Waals surface area contributed by atoms with Gasteiger partial charge >= 0.3 is 0 Å². The van der Waals surface area contributed by atoms with Crippen LogP contribution >= 0.6 is 0 Å². The Kier molecular flexibility index (Phi) is 6.55. The monoisotopic (exact) mass is 466 g/mol. The van der Waals surface area contributed by atoms with E-state index in [9.17, 15) is 13.2 Å². The molecular formula is C25H26N2O5S. The number of nitrogens with one attached hydrogen (secondary N) is 1. The zero-order valence-electron chi connectivity index (χ0n) is 18.5. The quantitative estimate of drug-likeness (QED) is 0.573. The van der Waals surface area contributed by atoms with Crippen molar-refractivity contribution in [3.8, 4) is 11.5 Å². The highest BCUT2D eigenvalue weighted by atomic mass is 32.2. The van der Waals surface area contributed by atoms with Gasteiger partial charge in [0.25, 0.3) is 5.91 Å². The highest BCUT2D eigenvalue weighted by Crippen LogP contribution is 2.27. The van der Waals surface area contributed by atoms with Crippen molar-refractivity contribution < 1.29 is 22.7 Å². The standard InChI is InChI=1S/C25H26N2O5S/c1-31-22-12-6-18(7-13-22)24(19-8-14-23(32-2)15-9-19)26-25(28)20-4-10-21(11-5-20)27-16-3-17-33(27,29)30/h4-15,24H,3,16-17H2,1-2H3,(H,26,28). The lowest BCUT2D eigenvalue weighted by atomic mass is 9.98. The molecule has 0 radical (unpaired) electrons. The molecule has 1 N–H and O–H groups in total. The van der Waals surface area contributed by atoms with Crippen LogP contribution in [0.1, 0.15) is 33.9 Å². The predicted octanol–water partition coefficient (Wildman–Crippen LogP) is 3.76. The summed E-state index contributed by atoms with van der Waals surface area (Å²) in [4.78, 5) is 13.1. The second-order valence-corrected chi connectivity index (χ2v) is 9.75. The smallest absolute Gasteiger partial charge is 0.252 e. The summed E-state index contributed by atoms with van der Waals surface area (Å²) in [5, 5.41) is 3.09. The van der Waals surface area contributed by atoms with Crippen LogP contribution in [0.3, 0.4) is 0 Å². The van der Waals surface area contributed by atoms with Crippen LogP contribution in [0.15, 0.2) is 72.8 Å². The van der Waals surface area contributed by atoms with E-state index in [1.165, 1.54) is 4.31 Å². The number of methoxy groups -OCH3 is 2. The third-order valence-electron chi connectivity index (χ3n) is 5.69.